The Morgan fingerprint density at radius 2 is 1.92 bits per heavy atom. The predicted molar refractivity (Wildman–Crippen MR) is 92.5 cm³/mol. The number of nitrogens with zero attached hydrogens (tertiary/aromatic N) is 3. The fourth-order valence-electron chi connectivity index (χ4n) is 3.85. The van der Waals surface area contributed by atoms with E-state index in [0.29, 0.717) is 12.5 Å². The summed E-state index contributed by atoms with van der Waals surface area (Å²) in [5.41, 5.74) is 3.61. The van der Waals surface area contributed by atoms with E-state index in [9.17, 15) is 4.79 Å². The molecule has 126 valence electrons. The first-order valence-corrected chi connectivity index (χ1v) is 8.88. The van der Waals surface area contributed by atoms with Gasteiger partial charge in [0.15, 0.2) is 0 Å². The molecule has 0 saturated carbocycles. The van der Waals surface area contributed by atoms with Crippen molar-refractivity contribution >= 4 is 6.03 Å². The van der Waals surface area contributed by atoms with Gasteiger partial charge in [0, 0.05) is 26.1 Å². The lowest BCUT2D eigenvalue weighted by Crippen LogP contribution is -2.48. The minimum atomic E-state index is 0.188. The van der Waals surface area contributed by atoms with Crippen LogP contribution < -0.4 is 0 Å². The van der Waals surface area contributed by atoms with Crippen molar-refractivity contribution < 1.29 is 4.79 Å². The number of benzene rings is 1. The van der Waals surface area contributed by atoms with E-state index in [0.717, 1.165) is 56.7 Å². The third-order valence-electron chi connectivity index (χ3n) is 5.30. The topological polar surface area (TPSA) is 52.2 Å². The van der Waals surface area contributed by atoms with E-state index >= 15 is 0 Å². The Labute approximate surface area is 142 Å². The molecule has 3 heterocycles. The zero-order valence-electron chi connectivity index (χ0n) is 13.9. The van der Waals surface area contributed by atoms with E-state index in [1.165, 1.54) is 5.56 Å². The maximum atomic E-state index is 12.8. The SMILES string of the molecule is O=C(N1CCC(Cc2ccccc2)CC1)N1CCc2nc[nH]c2C1. The highest BCUT2D eigenvalue weighted by Crippen LogP contribution is 2.24. The number of piperidine rings is 1. The number of aromatic amines is 1. The highest BCUT2D eigenvalue weighted by Gasteiger charge is 2.29. The number of hydrogen-bond acceptors (Lipinski definition) is 2. The molecule has 0 unspecified atom stereocenters. The summed E-state index contributed by atoms with van der Waals surface area (Å²) >= 11 is 0. The molecule has 2 aliphatic heterocycles. The number of imidazole rings is 1. The molecule has 1 fully saturated rings. The number of amides is 2. The number of carbonyl (C=O) groups excluding carboxylic acids is 1. The van der Waals surface area contributed by atoms with Crippen molar-refractivity contribution in [3.63, 3.8) is 0 Å². The van der Waals surface area contributed by atoms with Crippen LogP contribution in [0.1, 0.15) is 29.8 Å². The molecule has 0 spiro atoms. The van der Waals surface area contributed by atoms with Crippen molar-refractivity contribution in [2.24, 2.45) is 5.92 Å². The normalized spacial score (nSPS) is 18.5. The monoisotopic (exact) mass is 324 g/mol. The van der Waals surface area contributed by atoms with E-state index in [4.69, 9.17) is 0 Å². The number of fused-ring (bicyclic) bond motifs is 1. The molecule has 2 amide bonds. The van der Waals surface area contributed by atoms with Gasteiger partial charge in [0.1, 0.15) is 0 Å². The van der Waals surface area contributed by atoms with E-state index in [1.54, 1.807) is 6.33 Å². The van der Waals surface area contributed by atoms with E-state index in [1.807, 2.05) is 9.80 Å². The summed E-state index contributed by atoms with van der Waals surface area (Å²) in [6.45, 7) is 3.20. The summed E-state index contributed by atoms with van der Waals surface area (Å²) in [7, 11) is 0. The summed E-state index contributed by atoms with van der Waals surface area (Å²) < 4.78 is 0. The second kappa shape index (κ2) is 6.67. The largest absolute Gasteiger partial charge is 0.347 e. The van der Waals surface area contributed by atoms with Gasteiger partial charge in [-0.1, -0.05) is 30.3 Å². The second-order valence-corrected chi connectivity index (χ2v) is 6.90. The van der Waals surface area contributed by atoms with Crippen LogP contribution in [0.25, 0.3) is 0 Å². The van der Waals surface area contributed by atoms with Crippen LogP contribution in [0.3, 0.4) is 0 Å². The van der Waals surface area contributed by atoms with Gasteiger partial charge < -0.3 is 14.8 Å². The van der Waals surface area contributed by atoms with E-state index in [-0.39, 0.29) is 6.03 Å². The quantitative estimate of drug-likeness (QED) is 0.923. The van der Waals surface area contributed by atoms with Gasteiger partial charge >= 0.3 is 6.03 Å². The lowest BCUT2D eigenvalue weighted by molar-refractivity contribution is 0.127. The molecular weight excluding hydrogens is 300 g/mol. The molecule has 2 aliphatic rings. The van der Waals surface area contributed by atoms with Crippen LogP contribution in [0.4, 0.5) is 4.79 Å². The lowest BCUT2D eigenvalue weighted by atomic mass is 9.90. The number of rotatable bonds is 2. The minimum Gasteiger partial charge on any atom is -0.347 e. The molecule has 1 saturated heterocycles. The number of H-pyrrole nitrogens is 1. The van der Waals surface area contributed by atoms with Gasteiger partial charge in [-0.3, -0.25) is 0 Å². The third-order valence-corrected chi connectivity index (χ3v) is 5.30. The van der Waals surface area contributed by atoms with Crippen LogP contribution in [0, 0.1) is 5.92 Å². The molecule has 1 aromatic heterocycles. The number of likely N-dealkylation sites (tertiary alicyclic amines) is 1. The van der Waals surface area contributed by atoms with Crippen LogP contribution in [-0.2, 0) is 19.4 Å². The molecule has 2 aromatic rings. The molecular formula is C19H24N4O. The maximum absolute atomic E-state index is 12.8. The first-order chi connectivity index (χ1) is 11.8. The molecule has 0 radical (unpaired) electrons. The zero-order valence-corrected chi connectivity index (χ0v) is 13.9. The molecule has 0 aliphatic carbocycles. The predicted octanol–water partition coefficient (Wildman–Crippen LogP) is 2.84. The molecule has 1 aromatic carbocycles. The maximum Gasteiger partial charge on any atom is 0.320 e. The standard InChI is InChI=1S/C19H24N4O/c24-19(23-11-8-17-18(13-23)21-14-20-17)22-9-6-16(7-10-22)12-15-4-2-1-3-5-15/h1-5,14,16H,6-13H2,(H,20,21). The highest BCUT2D eigenvalue weighted by molar-refractivity contribution is 5.74. The van der Waals surface area contributed by atoms with Gasteiger partial charge in [-0.25, -0.2) is 9.78 Å². The van der Waals surface area contributed by atoms with Gasteiger partial charge in [-0.2, -0.15) is 0 Å². The first kappa shape index (κ1) is 15.2. The van der Waals surface area contributed by atoms with Crippen molar-refractivity contribution in [2.75, 3.05) is 19.6 Å². The number of hydrogen-bond donors (Lipinski definition) is 1. The Morgan fingerprint density at radius 3 is 2.71 bits per heavy atom. The Balaban J connectivity index is 1.30. The van der Waals surface area contributed by atoms with Crippen LogP contribution in [-0.4, -0.2) is 45.4 Å². The second-order valence-electron chi connectivity index (χ2n) is 6.90. The van der Waals surface area contributed by atoms with Crippen LogP contribution in [0.15, 0.2) is 36.7 Å². The number of urea groups is 1. The average Bonchev–Trinajstić information content (AvgIpc) is 3.10. The molecule has 5 nitrogen and oxygen atoms in total. The molecule has 5 heteroatoms. The van der Waals surface area contributed by atoms with Gasteiger partial charge in [-0.05, 0) is 30.7 Å². The Morgan fingerprint density at radius 1 is 1.12 bits per heavy atom. The minimum absolute atomic E-state index is 0.188. The fraction of sp³-hybridized carbons (Fsp3) is 0.474. The lowest BCUT2D eigenvalue weighted by Gasteiger charge is -2.37. The zero-order chi connectivity index (χ0) is 16.4. The van der Waals surface area contributed by atoms with Crippen molar-refractivity contribution in [3.8, 4) is 0 Å². The highest BCUT2D eigenvalue weighted by atomic mass is 16.2. The van der Waals surface area contributed by atoms with Gasteiger partial charge in [0.25, 0.3) is 0 Å². The Bertz CT molecular complexity index is 688. The first-order valence-electron chi connectivity index (χ1n) is 8.88. The number of carbonyl (C=O) groups is 1. The van der Waals surface area contributed by atoms with E-state index in [2.05, 4.69) is 40.3 Å². The van der Waals surface area contributed by atoms with Crippen molar-refractivity contribution in [3.05, 3.63) is 53.6 Å². The summed E-state index contributed by atoms with van der Waals surface area (Å²) in [6.07, 6.45) is 5.92. The molecule has 24 heavy (non-hydrogen) atoms. The van der Waals surface area contributed by atoms with Crippen molar-refractivity contribution in [1.29, 1.82) is 0 Å². The Hall–Kier alpha value is -2.30. The average molecular weight is 324 g/mol. The Kier molecular flexibility index (Phi) is 4.24. The van der Waals surface area contributed by atoms with Crippen LogP contribution in [0.5, 0.6) is 0 Å². The van der Waals surface area contributed by atoms with Gasteiger partial charge in [-0.15, -0.1) is 0 Å². The summed E-state index contributed by atoms with van der Waals surface area (Å²) in [4.78, 5) is 24.2. The third kappa shape index (κ3) is 3.16. The van der Waals surface area contributed by atoms with Crippen LogP contribution in [0.2, 0.25) is 0 Å². The molecule has 0 atom stereocenters. The van der Waals surface area contributed by atoms with Crippen molar-refractivity contribution in [1.82, 2.24) is 19.8 Å². The summed E-state index contributed by atoms with van der Waals surface area (Å²) in [6, 6.07) is 10.9. The number of aromatic nitrogens is 2. The molecule has 4 rings (SSSR count). The summed E-state index contributed by atoms with van der Waals surface area (Å²) in [5.74, 6) is 0.692. The van der Waals surface area contributed by atoms with Crippen LogP contribution >= 0.6 is 0 Å². The van der Waals surface area contributed by atoms with Crippen molar-refractivity contribution in [2.45, 2.75) is 32.2 Å². The van der Waals surface area contributed by atoms with E-state index < -0.39 is 0 Å². The molecule has 0 bridgehead atoms. The number of nitrogens with one attached hydrogen (secondary N) is 1. The fourth-order valence-corrected chi connectivity index (χ4v) is 3.85. The summed E-state index contributed by atoms with van der Waals surface area (Å²) in [5, 5.41) is 0. The smallest absolute Gasteiger partial charge is 0.320 e. The molecule has 1 N–H and O–H groups in total. The van der Waals surface area contributed by atoms with Gasteiger partial charge in [0.2, 0.25) is 0 Å². The van der Waals surface area contributed by atoms with Gasteiger partial charge in [0.05, 0.1) is 24.3 Å².